The van der Waals surface area contributed by atoms with Gasteiger partial charge in [0.25, 0.3) is 5.69 Å². The minimum Gasteiger partial charge on any atom is -0.493 e. The molecule has 0 saturated carbocycles. The minimum absolute atomic E-state index is 0.0192. The quantitative estimate of drug-likeness (QED) is 0.532. The summed E-state index contributed by atoms with van der Waals surface area (Å²) in [7, 11) is 0. The Morgan fingerprint density at radius 3 is 2.76 bits per heavy atom. The number of non-ortho nitro benzene ring substituents is 1. The molecule has 7 nitrogen and oxygen atoms in total. The average molecular weight is 296 g/mol. The number of benzene rings is 1. The van der Waals surface area contributed by atoms with E-state index in [4.69, 9.17) is 15.6 Å². The van der Waals surface area contributed by atoms with Gasteiger partial charge in [-0.15, -0.1) is 0 Å². The lowest BCUT2D eigenvalue weighted by molar-refractivity contribution is -0.384. The van der Waals surface area contributed by atoms with Crippen LogP contribution in [0.5, 0.6) is 5.75 Å². The standard InChI is InChI=1S/C14H20N2O5/c1-10(5-6-11(8-15)14(17)18)9-21-13-4-2-3-12(7-13)16(19)20/h2-4,7,10-11H,5-6,8-9,15H2,1H3,(H,17,18). The second kappa shape index (κ2) is 8.21. The minimum atomic E-state index is -0.885. The van der Waals surface area contributed by atoms with Gasteiger partial charge < -0.3 is 15.6 Å². The second-order valence-electron chi connectivity index (χ2n) is 5.02. The Bertz CT molecular complexity index is 492. The van der Waals surface area contributed by atoms with Crippen molar-refractivity contribution in [3.63, 3.8) is 0 Å². The first-order valence-electron chi connectivity index (χ1n) is 6.74. The van der Waals surface area contributed by atoms with E-state index in [9.17, 15) is 14.9 Å². The molecule has 0 aliphatic rings. The van der Waals surface area contributed by atoms with Gasteiger partial charge in [-0.2, -0.15) is 0 Å². The molecule has 2 unspecified atom stereocenters. The number of nitro groups is 1. The number of nitro benzene ring substituents is 1. The molecule has 21 heavy (non-hydrogen) atoms. The Morgan fingerprint density at radius 1 is 1.48 bits per heavy atom. The molecule has 1 aromatic carbocycles. The molecule has 0 saturated heterocycles. The lowest BCUT2D eigenvalue weighted by atomic mass is 9.97. The molecule has 0 aliphatic heterocycles. The first kappa shape index (κ1) is 16.9. The molecule has 0 bridgehead atoms. The fourth-order valence-electron chi connectivity index (χ4n) is 1.84. The fourth-order valence-corrected chi connectivity index (χ4v) is 1.84. The van der Waals surface area contributed by atoms with Crippen LogP contribution in [-0.2, 0) is 4.79 Å². The first-order chi connectivity index (χ1) is 9.93. The van der Waals surface area contributed by atoms with E-state index in [0.29, 0.717) is 25.2 Å². The third-order valence-electron chi connectivity index (χ3n) is 3.20. The van der Waals surface area contributed by atoms with E-state index in [-0.39, 0.29) is 18.2 Å². The van der Waals surface area contributed by atoms with Crippen molar-refractivity contribution < 1.29 is 19.6 Å². The van der Waals surface area contributed by atoms with E-state index in [2.05, 4.69) is 0 Å². The van der Waals surface area contributed by atoms with Gasteiger partial charge in [-0.05, 0) is 24.8 Å². The second-order valence-corrected chi connectivity index (χ2v) is 5.02. The van der Waals surface area contributed by atoms with Gasteiger partial charge in [-0.3, -0.25) is 14.9 Å². The van der Waals surface area contributed by atoms with Gasteiger partial charge in [-0.1, -0.05) is 13.0 Å². The molecule has 0 spiro atoms. The van der Waals surface area contributed by atoms with Crippen molar-refractivity contribution in [1.29, 1.82) is 0 Å². The molecular formula is C14H20N2O5. The summed E-state index contributed by atoms with van der Waals surface area (Å²) >= 11 is 0. The summed E-state index contributed by atoms with van der Waals surface area (Å²) in [5, 5.41) is 19.5. The van der Waals surface area contributed by atoms with Crippen LogP contribution in [-0.4, -0.2) is 29.2 Å². The Hall–Kier alpha value is -2.15. The number of carbonyl (C=O) groups is 1. The highest BCUT2D eigenvalue weighted by atomic mass is 16.6. The summed E-state index contributed by atoms with van der Waals surface area (Å²) in [6.45, 7) is 2.43. The molecule has 0 aromatic heterocycles. The zero-order chi connectivity index (χ0) is 15.8. The third-order valence-corrected chi connectivity index (χ3v) is 3.20. The number of rotatable bonds is 9. The highest BCUT2D eigenvalue weighted by molar-refractivity contribution is 5.70. The van der Waals surface area contributed by atoms with Gasteiger partial charge in [0.2, 0.25) is 0 Å². The number of carboxylic acids is 1. The van der Waals surface area contributed by atoms with Crippen molar-refractivity contribution in [1.82, 2.24) is 0 Å². The Labute approximate surface area is 122 Å². The van der Waals surface area contributed by atoms with Gasteiger partial charge in [0.1, 0.15) is 5.75 Å². The van der Waals surface area contributed by atoms with E-state index < -0.39 is 16.8 Å². The van der Waals surface area contributed by atoms with Crippen LogP contribution < -0.4 is 10.5 Å². The highest BCUT2D eigenvalue weighted by Gasteiger charge is 2.17. The van der Waals surface area contributed by atoms with E-state index >= 15 is 0 Å². The molecule has 0 fully saturated rings. The van der Waals surface area contributed by atoms with Crippen LogP contribution >= 0.6 is 0 Å². The molecule has 2 atom stereocenters. The number of nitrogens with two attached hydrogens (primary N) is 1. The van der Waals surface area contributed by atoms with E-state index in [1.807, 2.05) is 6.92 Å². The van der Waals surface area contributed by atoms with Gasteiger partial charge in [0.15, 0.2) is 0 Å². The smallest absolute Gasteiger partial charge is 0.307 e. The number of hydrogen-bond donors (Lipinski definition) is 2. The van der Waals surface area contributed by atoms with Crippen molar-refractivity contribution in [3.05, 3.63) is 34.4 Å². The van der Waals surface area contributed by atoms with Crippen LogP contribution in [0.4, 0.5) is 5.69 Å². The molecule has 1 aromatic rings. The molecule has 0 radical (unpaired) electrons. The van der Waals surface area contributed by atoms with Crippen molar-refractivity contribution in [2.75, 3.05) is 13.2 Å². The van der Waals surface area contributed by atoms with E-state index in [1.54, 1.807) is 12.1 Å². The van der Waals surface area contributed by atoms with Gasteiger partial charge in [0, 0.05) is 12.6 Å². The molecule has 0 heterocycles. The van der Waals surface area contributed by atoms with Crippen LogP contribution in [0.25, 0.3) is 0 Å². The van der Waals surface area contributed by atoms with Crippen LogP contribution in [0.15, 0.2) is 24.3 Å². The Kier molecular flexibility index (Phi) is 6.61. The van der Waals surface area contributed by atoms with E-state index in [1.165, 1.54) is 12.1 Å². The largest absolute Gasteiger partial charge is 0.493 e. The number of aliphatic carboxylic acids is 1. The molecule has 7 heteroatoms. The molecule has 116 valence electrons. The number of nitrogens with zero attached hydrogens (tertiary/aromatic N) is 1. The van der Waals surface area contributed by atoms with Crippen LogP contribution in [0.1, 0.15) is 19.8 Å². The van der Waals surface area contributed by atoms with Gasteiger partial charge in [0.05, 0.1) is 23.5 Å². The van der Waals surface area contributed by atoms with Crippen molar-refractivity contribution >= 4 is 11.7 Å². The zero-order valence-corrected chi connectivity index (χ0v) is 11.9. The van der Waals surface area contributed by atoms with Crippen molar-refractivity contribution in [3.8, 4) is 5.75 Å². The maximum Gasteiger partial charge on any atom is 0.307 e. The number of carboxylic acid groups (broad SMARTS) is 1. The normalized spacial score (nSPS) is 13.4. The SMILES string of the molecule is CC(CCC(CN)C(=O)O)COc1cccc([N+](=O)[O-])c1. The monoisotopic (exact) mass is 296 g/mol. The van der Waals surface area contributed by atoms with Gasteiger partial charge >= 0.3 is 5.97 Å². The molecule has 0 aliphatic carbocycles. The number of ether oxygens (including phenoxy) is 1. The van der Waals surface area contributed by atoms with Crippen molar-refractivity contribution in [2.24, 2.45) is 17.6 Å². The third kappa shape index (κ3) is 5.78. The van der Waals surface area contributed by atoms with Crippen molar-refractivity contribution in [2.45, 2.75) is 19.8 Å². The lowest BCUT2D eigenvalue weighted by Crippen LogP contribution is -2.24. The predicted molar refractivity (Wildman–Crippen MR) is 77.2 cm³/mol. The topological polar surface area (TPSA) is 116 Å². The zero-order valence-electron chi connectivity index (χ0n) is 11.9. The maximum atomic E-state index is 10.8. The Morgan fingerprint density at radius 2 is 2.19 bits per heavy atom. The molecule has 3 N–H and O–H groups in total. The first-order valence-corrected chi connectivity index (χ1v) is 6.74. The summed E-state index contributed by atoms with van der Waals surface area (Å²) < 4.78 is 5.50. The lowest BCUT2D eigenvalue weighted by Gasteiger charge is -2.15. The molecule has 0 amide bonds. The fraction of sp³-hybridized carbons (Fsp3) is 0.500. The summed E-state index contributed by atoms with van der Waals surface area (Å²) in [6.07, 6.45) is 1.16. The highest BCUT2D eigenvalue weighted by Crippen LogP contribution is 2.20. The summed E-state index contributed by atoms with van der Waals surface area (Å²) in [5.41, 5.74) is 5.37. The average Bonchev–Trinajstić information content (AvgIpc) is 2.45. The van der Waals surface area contributed by atoms with Crippen LogP contribution in [0.3, 0.4) is 0 Å². The maximum absolute atomic E-state index is 10.8. The molecular weight excluding hydrogens is 276 g/mol. The van der Waals surface area contributed by atoms with Crippen LogP contribution in [0, 0.1) is 22.0 Å². The summed E-state index contributed by atoms with van der Waals surface area (Å²) in [5.74, 6) is -0.850. The summed E-state index contributed by atoms with van der Waals surface area (Å²) in [4.78, 5) is 21.0. The Balaban J connectivity index is 2.42. The van der Waals surface area contributed by atoms with E-state index in [0.717, 1.165) is 0 Å². The van der Waals surface area contributed by atoms with Crippen LogP contribution in [0.2, 0.25) is 0 Å². The number of hydrogen-bond acceptors (Lipinski definition) is 5. The summed E-state index contributed by atoms with van der Waals surface area (Å²) in [6, 6.07) is 5.98. The predicted octanol–water partition coefficient (Wildman–Crippen LogP) is 2.05. The van der Waals surface area contributed by atoms with Gasteiger partial charge in [-0.25, -0.2) is 0 Å². The molecule has 1 rings (SSSR count).